The van der Waals surface area contributed by atoms with E-state index in [0.29, 0.717) is 12.6 Å². The molecular formula is C17H23N3O3. The maximum Gasteiger partial charge on any atom is 0.410 e. The van der Waals surface area contributed by atoms with Gasteiger partial charge in [0, 0.05) is 38.3 Å². The van der Waals surface area contributed by atoms with Crippen LogP contribution in [0.15, 0.2) is 24.3 Å². The fourth-order valence-corrected chi connectivity index (χ4v) is 3.28. The van der Waals surface area contributed by atoms with E-state index in [2.05, 4.69) is 22.3 Å². The number of likely N-dealkylation sites (tertiary alicyclic amines) is 1. The fraction of sp³-hybridized carbons (Fsp3) is 0.529. The Bertz CT molecular complexity index is 565. The topological polar surface area (TPSA) is 61.9 Å². The summed E-state index contributed by atoms with van der Waals surface area (Å²) in [5, 5.41) is 2.77. The summed E-state index contributed by atoms with van der Waals surface area (Å²) >= 11 is 0. The van der Waals surface area contributed by atoms with Crippen molar-refractivity contribution in [3.63, 3.8) is 0 Å². The van der Waals surface area contributed by atoms with Crippen molar-refractivity contribution in [1.29, 1.82) is 0 Å². The first kappa shape index (κ1) is 15.8. The lowest BCUT2D eigenvalue weighted by molar-refractivity contribution is -0.114. The van der Waals surface area contributed by atoms with Crippen LogP contribution in [0, 0.1) is 0 Å². The van der Waals surface area contributed by atoms with Crippen molar-refractivity contribution in [2.24, 2.45) is 0 Å². The lowest BCUT2D eigenvalue weighted by Gasteiger charge is -2.35. The number of anilines is 1. The molecule has 0 saturated carbocycles. The summed E-state index contributed by atoms with van der Waals surface area (Å²) in [7, 11) is 0. The van der Waals surface area contributed by atoms with Crippen LogP contribution in [0.25, 0.3) is 0 Å². The number of hydrogen-bond donors (Lipinski definition) is 1. The van der Waals surface area contributed by atoms with Gasteiger partial charge in [0.2, 0.25) is 5.91 Å². The van der Waals surface area contributed by atoms with Crippen LogP contribution in [0.3, 0.4) is 0 Å². The lowest BCUT2D eigenvalue weighted by Crippen LogP contribution is -2.45. The number of rotatable bonds is 4. The highest BCUT2D eigenvalue weighted by atomic mass is 16.6. The monoisotopic (exact) mass is 317 g/mol. The van der Waals surface area contributed by atoms with Gasteiger partial charge in [0.1, 0.15) is 6.61 Å². The number of piperidine rings is 1. The Balaban J connectivity index is 1.48. The smallest absolute Gasteiger partial charge is 0.410 e. The summed E-state index contributed by atoms with van der Waals surface area (Å²) in [5.74, 6) is -0.0553. The Hall–Kier alpha value is -2.08. The van der Waals surface area contributed by atoms with Crippen molar-refractivity contribution in [2.45, 2.75) is 32.4 Å². The Kier molecular flexibility index (Phi) is 4.81. The molecule has 2 heterocycles. The molecule has 2 aliphatic rings. The number of hydrogen-bond acceptors (Lipinski definition) is 4. The zero-order valence-corrected chi connectivity index (χ0v) is 13.5. The predicted molar refractivity (Wildman–Crippen MR) is 87.1 cm³/mol. The van der Waals surface area contributed by atoms with Gasteiger partial charge in [-0.15, -0.1) is 0 Å². The van der Waals surface area contributed by atoms with E-state index in [0.717, 1.165) is 44.7 Å². The third kappa shape index (κ3) is 4.01. The number of cyclic esters (lactones) is 1. The lowest BCUT2D eigenvalue weighted by atomic mass is 10.0. The number of nitrogens with zero attached hydrogens (tertiary/aromatic N) is 2. The summed E-state index contributed by atoms with van der Waals surface area (Å²) in [5.41, 5.74) is 2.06. The second-order valence-corrected chi connectivity index (χ2v) is 6.19. The SMILES string of the molecule is CC(=O)Nc1ccc(CN2CCC(N3CCOC3=O)CC2)cc1. The van der Waals surface area contributed by atoms with Crippen LogP contribution in [0.4, 0.5) is 10.5 Å². The van der Waals surface area contributed by atoms with Gasteiger partial charge in [0.05, 0.1) is 6.54 Å². The molecule has 0 atom stereocenters. The Morgan fingerprint density at radius 1 is 1.22 bits per heavy atom. The maximum atomic E-state index is 11.6. The third-order valence-corrected chi connectivity index (χ3v) is 4.47. The molecule has 0 radical (unpaired) electrons. The summed E-state index contributed by atoms with van der Waals surface area (Å²) in [6.07, 6.45) is 1.84. The molecule has 3 rings (SSSR count). The van der Waals surface area contributed by atoms with Crippen molar-refractivity contribution >= 4 is 17.7 Å². The van der Waals surface area contributed by atoms with E-state index in [1.54, 1.807) is 0 Å². The predicted octanol–water partition coefficient (Wildman–Crippen LogP) is 2.06. The molecule has 0 unspecified atom stereocenters. The van der Waals surface area contributed by atoms with Crippen LogP contribution in [0.1, 0.15) is 25.3 Å². The molecule has 0 bridgehead atoms. The molecule has 0 aliphatic carbocycles. The molecule has 1 N–H and O–H groups in total. The van der Waals surface area contributed by atoms with Crippen LogP contribution in [0.2, 0.25) is 0 Å². The molecule has 6 nitrogen and oxygen atoms in total. The van der Waals surface area contributed by atoms with Gasteiger partial charge in [-0.25, -0.2) is 4.79 Å². The van der Waals surface area contributed by atoms with Gasteiger partial charge in [-0.1, -0.05) is 12.1 Å². The number of amides is 2. The first-order valence-corrected chi connectivity index (χ1v) is 8.14. The van der Waals surface area contributed by atoms with Gasteiger partial charge in [0.25, 0.3) is 0 Å². The van der Waals surface area contributed by atoms with Gasteiger partial charge in [0.15, 0.2) is 0 Å². The molecule has 2 saturated heterocycles. The molecular weight excluding hydrogens is 294 g/mol. The second-order valence-electron chi connectivity index (χ2n) is 6.19. The minimum Gasteiger partial charge on any atom is -0.448 e. The molecule has 1 aromatic rings. The zero-order chi connectivity index (χ0) is 16.2. The standard InChI is InChI=1S/C17H23N3O3/c1-13(21)18-15-4-2-14(3-5-15)12-19-8-6-16(7-9-19)20-10-11-23-17(20)22/h2-5,16H,6-12H2,1H3,(H,18,21). The van der Waals surface area contributed by atoms with Crippen molar-refractivity contribution in [3.8, 4) is 0 Å². The number of benzene rings is 1. The Morgan fingerprint density at radius 3 is 2.48 bits per heavy atom. The van der Waals surface area contributed by atoms with Gasteiger partial charge in [-0.3, -0.25) is 9.69 Å². The van der Waals surface area contributed by atoms with Gasteiger partial charge in [-0.05, 0) is 30.5 Å². The minimum absolute atomic E-state index is 0.0553. The quantitative estimate of drug-likeness (QED) is 0.923. The fourth-order valence-electron chi connectivity index (χ4n) is 3.28. The first-order chi connectivity index (χ1) is 11.1. The minimum atomic E-state index is -0.156. The summed E-state index contributed by atoms with van der Waals surface area (Å²) in [4.78, 5) is 26.9. The largest absolute Gasteiger partial charge is 0.448 e. The van der Waals surface area contributed by atoms with E-state index < -0.39 is 0 Å². The van der Waals surface area contributed by atoms with Crippen LogP contribution in [-0.4, -0.2) is 54.1 Å². The van der Waals surface area contributed by atoms with Crippen LogP contribution < -0.4 is 5.32 Å². The molecule has 1 aromatic carbocycles. The van der Waals surface area contributed by atoms with Crippen molar-refractivity contribution in [2.75, 3.05) is 31.6 Å². The van der Waals surface area contributed by atoms with E-state index >= 15 is 0 Å². The molecule has 0 spiro atoms. The van der Waals surface area contributed by atoms with Gasteiger partial charge in [-0.2, -0.15) is 0 Å². The average Bonchev–Trinajstić information content (AvgIpc) is 2.96. The highest BCUT2D eigenvalue weighted by Gasteiger charge is 2.32. The first-order valence-electron chi connectivity index (χ1n) is 8.14. The van der Waals surface area contributed by atoms with Crippen molar-refractivity contribution in [1.82, 2.24) is 9.80 Å². The van der Waals surface area contributed by atoms with Gasteiger partial charge < -0.3 is 15.0 Å². The van der Waals surface area contributed by atoms with Crippen molar-refractivity contribution < 1.29 is 14.3 Å². The second kappa shape index (κ2) is 7.00. The summed E-state index contributed by atoms with van der Waals surface area (Å²) in [6.45, 7) is 5.64. The van der Waals surface area contributed by atoms with Crippen LogP contribution in [0.5, 0.6) is 0 Å². The molecule has 0 aromatic heterocycles. The molecule has 2 amide bonds. The normalized spacial score (nSPS) is 19.7. The third-order valence-electron chi connectivity index (χ3n) is 4.47. The summed E-state index contributed by atoms with van der Waals surface area (Å²) in [6, 6.07) is 8.29. The van der Waals surface area contributed by atoms with E-state index in [9.17, 15) is 9.59 Å². The molecule has 23 heavy (non-hydrogen) atoms. The number of ether oxygens (including phenoxy) is 1. The number of carbonyl (C=O) groups is 2. The van der Waals surface area contributed by atoms with Crippen molar-refractivity contribution in [3.05, 3.63) is 29.8 Å². The Morgan fingerprint density at radius 2 is 1.91 bits per heavy atom. The van der Waals surface area contributed by atoms with E-state index in [1.807, 2.05) is 17.0 Å². The highest BCUT2D eigenvalue weighted by Crippen LogP contribution is 2.21. The number of carbonyl (C=O) groups excluding carboxylic acids is 2. The highest BCUT2D eigenvalue weighted by molar-refractivity contribution is 5.88. The molecule has 124 valence electrons. The molecule has 6 heteroatoms. The van der Waals surface area contributed by atoms with E-state index in [-0.39, 0.29) is 12.0 Å². The molecule has 2 fully saturated rings. The Labute approximate surface area is 136 Å². The molecule has 2 aliphatic heterocycles. The van der Waals surface area contributed by atoms with E-state index in [1.165, 1.54) is 12.5 Å². The van der Waals surface area contributed by atoms with Crippen LogP contribution >= 0.6 is 0 Å². The van der Waals surface area contributed by atoms with E-state index in [4.69, 9.17) is 4.74 Å². The zero-order valence-electron chi connectivity index (χ0n) is 13.5. The average molecular weight is 317 g/mol. The maximum absolute atomic E-state index is 11.6. The summed E-state index contributed by atoms with van der Waals surface area (Å²) < 4.78 is 5.02. The van der Waals surface area contributed by atoms with Crippen LogP contribution in [-0.2, 0) is 16.1 Å². The number of nitrogens with one attached hydrogen (secondary N) is 1. The van der Waals surface area contributed by atoms with Gasteiger partial charge >= 0.3 is 6.09 Å².